The Labute approximate surface area is 85.6 Å². The number of hydrogen-bond donors (Lipinski definition) is 1. The Morgan fingerprint density at radius 1 is 1.67 bits per heavy atom. The summed E-state index contributed by atoms with van der Waals surface area (Å²) in [6.45, 7) is 3.44. The average molecular weight is 213 g/mol. The Bertz CT molecular complexity index is 385. The topological polar surface area (TPSA) is 98.1 Å². The van der Waals surface area contributed by atoms with Gasteiger partial charge in [0.1, 0.15) is 5.69 Å². The van der Waals surface area contributed by atoms with E-state index in [9.17, 15) is 14.9 Å². The van der Waals surface area contributed by atoms with Gasteiger partial charge < -0.3 is 4.74 Å². The Kier molecular flexibility index (Phi) is 3.37. The largest absolute Gasteiger partial charge is 0.466 e. The average Bonchev–Trinajstić information content (AvgIpc) is 2.47. The van der Waals surface area contributed by atoms with Crippen molar-refractivity contribution in [1.82, 2.24) is 10.2 Å². The number of aromatic amines is 1. The minimum absolute atomic E-state index is 0.107. The van der Waals surface area contributed by atoms with E-state index in [1.807, 2.05) is 0 Å². The first-order valence-electron chi connectivity index (χ1n) is 4.40. The highest BCUT2D eigenvalue weighted by molar-refractivity contribution is 5.73. The number of esters is 1. The molecule has 0 spiro atoms. The fraction of sp³-hybridized carbons (Fsp3) is 0.500. The standard InChI is InChI=1S/C8H11N3O4/c1-3-15-7(12)4-6-8(11(13)14)5(2)9-10-6/h3-4H2,1-2H3,(H,9,10). The summed E-state index contributed by atoms with van der Waals surface area (Å²) >= 11 is 0. The summed E-state index contributed by atoms with van der Waals surface area (Å²) in [5.41, 5.74) is 0.290. The van der Waals surface area contributed by atoms with Gasteiger partial charge in [-0.2, -0.15) is 5.10 Å². The predicted octanol–water partition coefficient (Wildman–Crippen LogP) is 0.732. The third-order valence-corrected chi connectivity index (χ3v) is 1.79. The molecule has 0 amide bonds. The second-order valence-electron chi connectivity index (χ2n) is 2.88. The molecule has 1 aromatic heterocycles. The first-order valence-corrected chi connectivity index (χ1v) is 4.40. The first kappa shape index (κ1) is 11.2. The smallest absolute Gasteiger partial charge is 0.313 e. The van der Waals surface area contributed by atoms with Gasteiger partial charge in [0.2, 0.25) is 0 Å². The van der Waals surface area contributed by atoms with Crippen molar-refractivity contribution >= 4 is 11.7 Å². The molecule has 15 heavy (non-hydrogen) atoms. The van der Waals surface area contributed by atoms with Crippen LogP contribution >= 0.6 is 0 Å². The van der Waals surface area contributed by atoms with Gasteiger partial charge in [-0.25, -0.2) is 0 Å². The van der Waals surface area contributed by atoms with E-state index in [1.54, 1.807) is 6.92 Å². The maximum absolute atomic E-state index is 11.1. The highest BCUT2D eigenvalue weighted by atomic mass is 16.6. The van der Waals surface area contributed by atoms with Crippen LogP contribution in [0.5, 0.6) is 0 Å². The third kappa shape index (κ3) is 2.52. The van der Waals surface area contributed by atoms with Gasteiger partial charge in [-0.15, -0.1) is 0 Å². The molecule has 0 saturated heterocycles. The summed E-state index contributed by atoms with van der Waals surface area (Å²) in [7, 11) is 0. The molecule has 7 heteroatoms. The summed E-state index contributed by atoms with van der Waals surface area (Å²) < 4.78 is 4.67. The van der Waals surface area contributed by atoms with Crippen molar-refractivity contribution in [3.63, 3.8) is 0 Å². The van der Waals surface area contributed by atoms with Crippen LogP contribution in [0.4, 0.5) is 5.69 Å². The van der Waals surface area contributed by atoms with Crippen LogP contribution in [0.1, 0.15) is 18.3 Å². The maximum atomic E-state index is 11.1. The zero-order valence-electron chi connectivity index (χ0n) is 8.44. The van der Waals surface area contributed by atoms with E-state index in [0.717, 1.165) is 0 Å². The molecular weight excluding hydrogens is 202 g/mol. The molecule has 1 aromatic rings. The van der Waals surface area contributed by atoms with Crippen LogP contribution in [0.2, 0.25) is 0 Å². The summed E-state index contributed by atoms with van der Waals surface area (Å²) in [5, 5.41) is 16.8. The molecule has 7 nitrogen and oxygen atoms in total. The Morgan fingerprint density at radius 3 is 2.87 bits per heavy atom. The molecule has 1 N–H and O–H groups in total. The molecule has 0 aliphatic carbocycles. The second kappa shape index (κ2) is 4.54. The van der Waals surface area contributed by atoms with E-state index < -0.39 is 10.9 Å². The highest BCUT2D eigenvalue weighted by Gasteiger charge is 2.23. The lowest BCUT2D eigenvalue weighted by molar-refractivity contribution is -0.386. The molecule has 0 aromatic carbocycles. The van der Waals surface area contributed by atoms with Gasteiger partial charge in [0.25, 0.3) is 0 Å². The summed E-state index contributed by atoms with van der Waals surface area (Å²) in [6.07, 6.45) is -0.186. The number of H-pyrrole nitrogens is 1. The van der Waals surface area contributed by atoms with E-state index in [0.29, 0.717) is 5.69 Å². The number of ether oxygens (including phenoxy) is 1. The molecule has 1 heterocycles. The number of nitrogens with zero attached hydrogens (tertiary/aromatic N) is 2. The fourth-order valence-corrected chi connectivity index (χ4v) is 1.19. The second-order valence-corrected chi connectivity index (χ2v) is 2.88. The van der Waals surface area contributed by atoms with Crippen LogP contribution < -0.4 is 0 Å². The summed E-state index contributed by atoms with van der Waals surface area (Å²) in [4.78, 5) is 21.2. The SMILES string of the molecule is CCOC(=O)Cc1n[nH]c(C)c1[N+](=O)[O-]. The van der Waals surface area contributed by atoms with Crippen LogP contribution in [-0.2, 0) is 16.0 Å². The van der Waals surface area contributed by atoms with Crippen molar-refractivity contribution in [3.05, 3.63) is 21.5 Å². The van der Waals surface area contributed by atoms with Crippen molar-refractivity contribution in [2.24, 2.45) is 0 Å². The third-order valence-electron chi connectivity index (χ3n) is 1.79. The lowest BCUT2D eigenvalue weighted by atomic mass is 10.2. The van der Waals surface area contributed by atoms with E-state index in [4.69, 9.17) is 0 Å². The summed E-state index contributed by atoms with van der Waals surface area (Å²) in [6, 6.07) is 0. The Morgan fingerprint density at radius 2 is 2.33 bits per heavy atom. The van der Waals surface area contributed by atoms with Crippen LogP contribution in [-0.4, -0.2) is 27.7 Å². The minimum atomic E-state index is -0.562. The summed E-state index contributed by atoms with van der Waals surface area (Å²) in [5.74, 6) is -0.521. The quantitative estimate of drug-likeness (QED) is 0.451. The molecular formula is C8H11N3O4. The Balaban J connectivity index is 2.86. The van der Waals surface area contributed by atoms with Crippen molar-refractivity contribution in [2.45, 2.75) is 20.3 Å². The van der Waals surface area contributed by atoms with Crippen molar-refractivity contribution in [1.29, 1.82) is 0 Å². The number of nitrogens with one attached hydrogen (secondary N) is 1. The lowest BCUT2D eigenvalue weighted by Crippen LogP contribution is -2.09. The predicted molar refractivity (Wildman–Crippen MR) is 50.3 cm³/mol. The normalized spacial score (nSPS) is 10.0. The first-order chi connectivity index (χ1) is 7.06. The number of aromatic nitrogens is 2. The number of carbonyl (C=O) groups is 1. The van der Waals surface area contributed by atoms with Gasteiger partial charge in [0, 0.05) is 0 Å². The van der Waals surface area contributed by atoms with E-state index in [-0.39, 0.29) is 24.4 Å². The van der Waals surface area contributed by atoms with Crippen LogP contribution in [0.15, 0.2) is 0 Å². The molecule has 1 rings (SSSR count). The molecule has 0 bridgehead atoms. The van der Waals surface area contributed by atoms with E-state index >= 15 is 0 Å². The van der Waals surface area contributed by atoms with Gasteiger partial charge in [0.05, 0.1) is 18.0 Å². The molecule has 82 valence electrons. The van der Waals surface area contributed by atoms with Gasteiger partial charge >= 0.3 is 11.7 Å². The van der Waals surface area contributed by atoms with E-state index in [2.05, 4.69) is 14.9 Å². The van der Waals surface area contributed by atoms with Gasteiger partial charge in [-0.05, 0) is 13.8 Å². The molecule has 0 fully saturated rings. The lowest BCUT2D eigenvalue weighted by Gasteiger charge is -1.98. The molecule has 0 aliphatic heterocycles. The van der Waals surface area contributed by atoms with Crippen molar-refractivity contribution < 1.29 is 14.5 Å². The minimum Gasteiger partial charge on any atom is -0.466 e. The van der Waals surface area contributed by atoms with Crippen molar-refractivity contribution in [2.75, 3.05) is 6.61 Å². The van der Waals surface area contributed by atoms with Crippen molar-refractivity contribution in [3.8, 4) is 0 Å². The zero-order chi connectivity index (χ0) is 11.4. The number of rotatable bonds is 4. The molecule has 0 unspecified atom stereocenters. The molecule has 0 radical (unpaired) electrons. The molecule has 0 aliphatic rings. The molecule has 0 saturated carbocycles. The number of hydrogen-bond acceptors (Lipinski definition) is 5. The maximum Gasteiger partial charge on any atom is 0.313 e. The van der Waals surface area contributed by atoms with Gasteiger partial charge in [-0.3, -0.25) is 20.0 Å². The number of carbonyl (C=O) groups excluding carboxylic acids is 1. The van der Waals surface area contributed by atoms with Crippen LogP contribution in [0, 0.1) is 17.0 Å². The monoisotopic (exact) mass is 213 g/mol. The number of nitro groups is 1. The highest BCUT2D eigenvalue weighted by Crippen LogP contribution is 2.20. The number of aryl methyl sites for hydroxylation is 1. The van der Waals surface area contributed by atoms with Crippen LogP contribution in [0.25, 0.3) is 0 Å². The van der Waals surface area contributed by atoms with Gasteiger partial charge in [0.15, 0.2) is 5.69 Å². The van der Waals surface area contributed by atoms with Crippen LogP contribution in [0.3, 0.4) is 0 Å². The Hall–Kier alpha value is -1.92. The zero-order valence-corrected chi connectivity index (χ0v) is 8.44. The van der Waals surface area contributed by atoms with Gasteiger partial charge in [-0.1, -0.05) is 0 Å². The molecule has 0 atom stereocenters. The van der Waals surface area contributed by atoms with E-state index in [1.165, 1.54) is 6.92 Å². The fourth-order valence-electron chi connectivity index (χ4n) is 1.19.